The average Bonchev–Trinajstić information content (AvgIpc) is 2.65. The van der Waals surface area contributed by atoms with Crippen molar-refractivity contribution in [2.45, 2.75) is 52.9 Å². The number of ether oxygens (including phenoxy) is 1. The maximum atomic E-state index is 12.8. The van der Waals surface area contributed by atoms with E-state index in [1.54, 1.807) is 0 Å². The Hall–Kier alpha value is -1.34. The van der Waals surface area contributed by atoms with Crippen LogP contribution >= 0.6 is 27.7 Å². The minimum Gasteiger partial charge on any atom is -0.468 e. The highest BCUT2D eigenvalue weighted by Gasteiger charge is 2.24. The molecule has 1 rings (SSSR count). The average molecular weight is 458 g/mol. The van der Waals surface area contributed by atoms with Gasteiger partial charge in [-0.25, -0.2) is 0 Å². The van der Waals surface area contributed by atoms with Crippen molar-refractivity contribution in [3.8, 4) is 0 Å². The summed E-state index contributed by atoms with van der Waals surface area (Å²) in [5, 5.41) is 0.0140. The molecular weight excluding hydrogens is 430 g/mol. The van der Waals surface area contributed by atoms with Gasteiger partial charge in [0.1, 0.15) is 6.54 Å². The number of nitrogens with zero attached hydrogens (tertiary/aromatic N) is 1. The van der Waals surface area contributed by atoms with E-state index in [1.807, 2.05) is 26.0 Å². The van der Waals surface area contributed by atoms with Gasteiger partial charge < -0.3 is 4.74 Å². The number of aryl methyl sites for hydroxylation is 1. The maximum absolute atomic E-state index is 12.8. The summed E-state index contributed by atoms with van der Waals surface area (Å²) in [5.74, 6) is -0.774. The lowest BCUT2D eigenvalue weighted by Crippen LogP contribution is -2.38. The first-order valence-electron chi connectivity index (χ1n) is 9.10. The van der Waals surface area contributed by atoms with Crippen LogP contribution in [-0.4, -0.2) is 36.4 Å². The number of carbonyl (C=O) groups excluding carboxylic acids is 3. The Morgan fingerprint density at radius 2 is 1.85 bits per heavy atom. The summed E-state index contributed by atoms with van der Waals surface area (Å²) in [6, 6.07) is 3.79. The van der Waals surface area contributed by atoms with Crippen molar-refractivity contribution in [3.63, 3.8) is 0 Å². The van der Waals surface area contributed by atoms with Crippen molar-refractivity contribution in [1.29, 1.82) is 0 Å². The van der Waals surface area contributed by atoms with Crippen LogP contribution in [0.5, 0.6) is 0 Å². The van der Waals surface area contributed by atoms with Crippen molar-refractivity contribution in [1.82, 2.24) is 0 Å². The first kappa shape index (κ1) is 23.7. The Morgan fingerprint density at radius 1 is 1.15 bits per heavy atom. The Balaban J connectivity index is 2.86. The fraction of sp³-hybridized carbons (Fsp3) is 0.550. The van der Waals surface area contributed by atoms with Gasteiger partial charge in [0.15, 0.2) is 5.12 Å². The molecule has 0 radical (unpaired) electrons. The quantitative estimate of drug-likeness (QED) is 0.372. The molecule has 5 nitrogen and oxygen atoms in total. The highest BCUT2D eigenvalue weighted by Crippen LogP contribution is 2.31. The number of hydrogen-bond acceptors (Lipinski definition) is 5. The highest BCUT2D eigenvalue weighted by molar-refractivity contribution is 9.10. The number of halogens is 1. The van der Waals surface area contributed by atoms with Crippen LogP contribution in [0.3, 0.4) is 0 Å². The molecule has 0 heterocycles. The predicted octanol–water partition coefficient (Wildman–Crippen LogP) is 4.80. The van der Waals surface area contributed by atoms with Gasteiger partial charge >= 0.3 is 5.97 Å². The Morgan fingerprint density at radius 3 is 2.48 bits per heavy atom. The van der Waals surface area contributed by atoms with Crippen LogP contribution in [0.4, 0.5) is 5.69 Å². The Labute approximate surface area is 174 Å². The van der Waals surface area contributed by atoms with Gasteiger partial charge in [0, 0.05) is 10.9 Å². The van der Waals surface area contributed by atoms with Crippen molar-refractivity contribution in [3.05, 3.63) is 27.7 Å². The van der Waals surface area contributed by atoms with Crippen LogP contribution in [0.2, 0.25) is 0 Å². The molecule has 0 aromatic heterocycles. The second-order valence-electron chi connectivity index (χ2n) is 6.37. The molecular formula is C20H28BrNO4S. The molecule has 0 saturated heterocycles. The topological polar surface area (TPSA) is 63.7 Å². The smallest absolute Gasteiger partial charge is 0.325 e. The van der Waals surface area contributed by atoms with Gasteiger partial charge in [-0.05, 0) is 37.5 Å². The van der Waals surface area contributed by atoms with E-state index in [2.05, 4.69) is 22.9 Å². The van der Waals surface area contributed by atoms with Crippen molar-refractivity contribution < 1.29 is 19.1 Å². The van der Waals surface area contributed by atoms with Crippen LogP contribution in [0.15, 0.2) is 16.6 Å². The first-order chi connectivity index (χ1) is 12.8. The number of thioether (sulfide) groups is 1. The van der Waals surface area contributed by atoms with Gasteiger partial charge in [0.05, 0.1) is 18.6 Å². The van der Waals surface area contributed by atoms with Gasteiger partial charge in [-0.2, -0.15) is 0 Å². The summed E-state index contributed by atoms with van der Waals surface area (Å²) < 4.78 is 5.60. The standard InChI is InChI=1S/C20H28BrNO4S/c1-5-6-7-8-9-19(25)27-13-17(23)22(12-18(24)26-4)20-14(2)10-11-16(21)15(20)3/h10-11H,5-9,12-13H2,1-4H3. The normalized spacial score (nSPS) is 10.6. The molecule has 1 aromatic rings. The third-order valence-electron chi connectivity index (χ3n) is 4.24. The minimum absolute atomic E-state index is 0.00893. The number of rotatable bonds is 10. The van der Waals surface area contributed by atoms with Gasteiger partial charge in [-0.15, -0.1) is 0 Å². The van der Waals surface area contributed by atoms with Gasteiger partial charge in [-0.1, -0.05) is 59.9 Å². The third kappa shape index (κ3) is 7.66. The Bertz CT molecular complexity index is 678. The molecule has 0 unspecified atom stereocenters. The molecule has 0 saturated carbocycles. The monoisotopic (exact) mass is 457 g/mol. The molecule has 150 valence electrons. The third-order valence-corrected chi connectivity index (χ3v) is 6.02. The number of anilines is 1. The molecule has 1 aromatic carbocycles. The summed E-state index contributed by atoms with van der Waals surface area (Å²) in [6.45, 7) is 5.71. The number of methoxy groups -OCH3 is 1. The zero-order valence-corrected chi connectivity index (χ0v) is 18.9. The van der Waals surface area contributed by atoms with E-state index in [9.17, 15) is 14.4 Å². The fourth-order valence-corrected chi connectivity index (χ4v) is 3.75. The number of hydrogen-bond donors (Lipinski definition) is 0. The van der Waals surface area contributed by atoms with Crippen molar-refractivity contribution in [2.75, 3.05) is 24.3 Å². The number of carbonyl (C=O) groups is 3. The van der Waals surface area contributed by atoms with Crippen molar-refractivity contribution >= 4 is 50.4 Å². The molecule has 0 N–H and O–H groups in total. The first-order valence-corrected chi connectivity index (χ1v) is 10.9. The van der Waals surface area contributed by atoms with Crippen molar-refractivity contribution in [2.24, 2.45) is 0 Å². The Kier molecular flexibility index (Phi) is 10.7. The second-order valence-corrected chi connectivity index (χ2v) is 8.25. The summed E-state index contributed by atoms with van der Waals surface area (Å²) in [4.78, 5) is 38.1. The number of esters is 1. The summed E-state index contributed by atoms with van der Waals surface area (Å²) in [5.41, 5.74) is 2.42. The van der Waals surface area contributed by atoms with E-state index < -0.39 is 5.97 Å². The van der Waals surface area contributed by atoms with E-state index in [0.717, 1.165) is 53.0 Å². The molecule has 0 aliphatic rings. The van der Waals surface area contributed by atoms with Crippen LogP contribution < -0.4 is 4.90 Å². The largest absolute Gasteiger partial charge is 0.468 e. The molecule has 0 aliphatic heterocycles. The lowest BCUT2D eigenvalue weighted by molar-refractivity contribution is -0.139. The summed E-state index contributed by atoms with van der Waals surface area (Å²) in [6.07, 6.45) is 4.59. The lowest BCUT2D eigenvalue weighted by atomic mass is 10.1. The zero-order chi connectivity index (χ0) is 20.4. The van der Waals surface area contributed by atoms with Gasteiger partial charge in [0.25, 0.3) is 0 Å². The molecule has 0 fully saturated rings. The van der Waals surface area contributed by atoms with Crippen LogP contribution in [-0.2, 0) is 19.1 Å². The van der Waals surface area contributed by atoms with E-state index in [1.165, 1.54) is 12.0 Å². The summed E-state index contributed by atoms with van der Waals surface area (Å²) >= 11 is 4.49. The number of unbranched alkanes of at least 4 members (excludes halogenated alkanes) is 3. The molecule has 1 amide bonds. The number of benzene rings is 1. The molecule has 7 heteroatoms. The second kappa shape index (κ2) is 12.2. The SMILES string of the molecule is CCCCCCC(=O)SCC(=O)N(CC(=O)OC)c1c(C)ccc(Br)c1C. The fourth-order valence-electron chi connectivity index (χ4n) is 2.70. The van der Waals surface area contributed by atoms with Crippen LogP contribution in [0.25, 0.3) is 0 Å². The highest BCUT2D eigenvalue weighted by atomic mass is 79.9. The molecule has 0 aliphatic carbocycles. The number of amides is 1. The lowest BCUT2D eigenvalue weighted by Gasteiger charge is -2.25. The van der Waals surface area contributed by atoms with Crippen LogP contribution in [0.1, 0.15) is 50.2 Å². The predicted molar refractivity (Wildman–Crippen MR) is 114 cm³/mol. The van der Waals surface area contributed by atoms with E-state index in [4.69, 9.17) is 4.74 Å². The minimum atomic E-state index is -0.502. The van der Waals surface area contributed by atoms with Crippen LogP contribution in [0, 0.1) is 13.8 Å². The maximum Gasteiger partial charge on any atom is 0.325 e. The molecule has 27 heavy (non-hydrogen) atoms. The van der Waals surface area contributed by atoms with Gasteiger partial charge in [-0.3, -0.25) is 19.3 Å². The van der Waals surface area contributed by atoms with E-state index >= 15 is 0 Å². The molecule has 0 spiro atoms. The zero-order valence-electron chi connectivity index (χ0n) is 16.5. The van der Waals surface area contributed by atoms with E-state index in [0.29, 0.717) is 12.1 Å². The molecule has 0 atom stereocenters. The van der Waals surface area contributed by atoms with E-state index in [-0.39, 0.29) is 23.3 Å². The van der Waals surface area contributed by atoms with Gasteiger partial charge in [0.2, 0.25) is 5.91 Å². The molecule has 0 bridgehead atoms. The summed E-state index contributed by atoms with van der Waals surface area (Å²) in [7, 11) is 1.29.